The summed E-state index contributed by atoms with van der Waals surface area (Å²) in [5.41, 5.74) is -0.594. The van der Waals surface area contributed by atoms with Gasteiger partial charge in [-0.15, -0.1) is 0 Å². The number of rotatable bonds is 4. The average Bonchev–Trinajstić information content (AvgIpc) is 2.32. The molecule has 96 valence electrons. The van der Waals surface area contributed by atoms with Crippen LogP contribution in [-0.4, -0.2) is 12.6 Å². The smallest absolute Gasteiger partial charge is 0.317 e. The highest BCUT2D eigenvalue weighted by atomic mass is 35.5. The molecule has 0 aromatic heterocycles. The molecule has 1 aromatic carbocycles. The van der Waals surface area contributed by atoms with Gasteiger partial charge in [0.2, 0.25) is 0 Å². The zero-order valence-electron chi connectivity index (χ0n) is 10.2. The van der Waals surface area contributed by atoms with Crippen LogP contribution in [0.4, 0.5) is 0 Å². The molecule has 0 saturated heterocycles. The molecule has 0 spiro atoms. The minimum Gasteiger partial charge on any atom is -0.465 e. The fourth-order valence-electron chi connectivity index (χ4n) is 1.65. The van der Waals surface area contributed by atoms with E-state index < -0.39 is 11.4 Å². The van der Waals surface area contributed by atoms with Gasteiger partial charge in [-0.2, -0.15) is 5.26 Å². The Labute approximate surface area is 116 Å². The monoisotopic (exact) mass is 285 g/mol. The van der Waals surface area contributed by atoms with Crippen molar-refractivity contribution >= 4 is 29.2 Å². The number of hydrogen-bond donors (Lipinski definition) is 0. The molecule has 0 radical (unpaired) electrons. The third kappa shape index (κ3) is 2.95. The molecule has 0 N–H and O–H groups in total. The first-order chi connectivity index (χ1) is 8.45. The van der Waals surface area contributed by atoms with Crippen molar-refractivity contribution in [1.82, 2.24) is 0 Å². The number of carbonyl (C=O) groups excluding carboxylic acids is 1. The molecule has 1 atom stereocenters. The standard InChI is InChI=1S/C13H13Cl2NO2/c1-3-18-12(17)13(2,6-7-16)10-8-9(14)4-5-11(10)15/h4-5,8H,3,6H2,1-2H3. The summed E-state index contributed by atoms with van der Waals surface area (Å²) in [5.74, 6) is -0.476. The first-order valence-electron chi connectivity index (χ1n) is 5.45. The van der Waals surface area contributed by atoms with E-state index in [-0.39, 0.29) is 13.0 Å². The fraction of sp³-hybridized carbons (Fsp3) is 0.385. The average molecular weight is 286 g/mol. The Morgan fingerprint density at radius 3 is 2.72 bits per heavy atom. The van der Waals surface area contributed by atoms with Gasteiger partial charge in [0.1, 0.15) is 5.41 Å². The van der Waals surface area contributed by atoms with E-state index in [4.69, 9.17) is 33.2 Å². The van der Waals surface area contributed by atoms with Crippen LogP contribution in [0.15, 0.2) is 18.2 Å². The van der Waals surface area contributed by atoms with Crippen molar-refractivity contribution in [2.24, 2.45) is 0 Å². The van der Waals surface area contributed by atoms with E-state index in [9.17, 15) is 4.79 Å². The van der Waals surface area contributed by atoms with Gasteiger partial charge in [-0.05, 0) is 37.6 Å². The Morgan fingerprint density at radius 2 is 2.17 bits per heavy atom. The van der Waals surface area contributed by atoms with Gasteiger partial charge in [-0.25, -0.2) is 0 Å². The molecule has 0 amide bonds. The lowest BCUT2D eigenvalue weighted by Gasteiger charge is -2.26. The van der Waals surface area contributed by atoms with Gasteiger partial charge in [-0.3, -0.25) is 4.79 Å². The summed E-state index contributed by atoms with van der Waals surface area (Å²) < 4.78 is 5.02. The lowest BCUT2D eigenvalue weighted by Crippen LogP contribution is -2.34. The summed E-state index contributed by atoms with van der Waals surface area (Å²) in [4.78, 5) is 12.0. The largest absolute Gasteiger partial charge is 0.465 e. The quantitative estimate of drug-likeness (QED) is 0.792. The van der Waals surface area contributed by atoms with Gasteiger partial charge in [0.05, 0.1) is 19.1 Å². The van der Waals surface area contributed by atoms with Crippen LogP contribution in [0.1, 0.15) is 25.8 Å². The first-order valence-corrected chi connectivity index (χ1v) is 6.21. The zero-order valence-corrected chi connectivity index (χ0v) is 11.7. The number of carbonyl (C=O) groups is 1. The molecule has 18 heavy (non-hydrogen) atoms. The highest BCUT2D eigenvalue weighted by molar-refractivity contribution is 6.34. The van der Waals surface area contributed by atoms with E-state index in [0.29, 0.717) is 15.6 Å². The minimum absolute atomic E-state index is 0.0219. The van der Waals surface area contributed by atoms with Crippen LogP contribution in [0, 0.1) is 11.3 Å². The number of hydrogen-bond acceptors (Lipinski definition) is 3. The maximum absolute atomic E-state index is 12.0. The molecular formula is C13H13Cl2NO2. The summed E-state index contributed by atoms with van der Waals surface area (Å²) >= 11 is 12.0. The van der Waals surface area contributed by atoms with Crippen LogP contribution in [0.5, 0.6) is 0 Å². The van der Waals surface area contributed by atoms with Crippen LogP contribution >= 0.6 is 23.2 Å². The molecule has 0 aliphatic heterocycles. The molecule has 5 heteroatoms. The second-order valence-corrected chi connectivity index (χ2v) is 4.86. The van der Waals surface area contributed by atoms with Gasteiger partial charge in [0.25, 0.3) is 0 Å². The maximum atomic E-state index is 12.0. The highest BCUT2D eigenvalue weighted by Crippen LogP contribution is 2.35. The number of nitriles is 1. The molecule has 0 heterocycles. The van der Waals surface area contributed by atoms with Gasteiger partial charge < -0.3 is 4.74 Å². The Morgan fingerprint density at radius 1 is 1.50 bits per heavy atom. The third-order valence-electron chi connectivity index (χ3n) is 2.68. The molecule has 0 bridgehead atoms. The van der Waals surface area contributed by atoms with Crippen molar-refractivity contribution in [2.75, 3.05) is 6.61 Å². The molecule has 1 rings (SSSR count). The van der Waals surface area contributed by atoms with Crippen molar-refractivity contribution in [3.63, 3.8) is 0 Å². The van der Waals surface area contributed by atoms with E-state index in [1.54, 1.807) is 32.0 Å². The summed E-state index contributed by atoms with van der Waals surface area (Å²) in [6.45, 7) is 3.59. The summed E-state index contributed by atoms with van der Waals surface area (Å²) in [6, 6.07) is 6.82. The van der Waals surface area contributed by atoms with E-state index in [1.807, 2.05) is 6.07 Å². The van der Waals surface area contributed by atoms with E-state index in [0.717, 1.165) is 0 Å². The molecule has 0 fully saturated rings. The summed E-state index contributed by atoms with van der Waals surface area (Å²) in [6.07, 6.45) is -0.0219. The minimum atomic E-state index is -1.10. The third-order valence-corrected chi connectivity index (χ3v) is 3.25. The normalized spacial score (nSPS) is 13.5. The topological polar surface area (TPSA) is 50.1 Å². The van der Waals surface area contributed by atoms with E-state index in [2.05, 4.69) is 0 Å². The van der Waals surface area contributed by atoms with Crippen molar-refractivity contribution in [2.45, 2.75) is 25.7 Å². The Hall–Kier alpha value is -1.24. The summed E-state index contributed by atoms with van der Waals surface area (Å²) in [7, 11) is 0. The van der Waals surface area contributed by atoms with Crippen LogP contribution < -0.4 is 0 Å². The van der Waals surface area contributed by atoms with Crippen molar-refractivity contribution < 1.29 is 9.53 Å². The lowest BCUT2D eigenvalue weighted by atomic mass is 9.80. The molecular weight excluding hydrogens is 273 g/mol. The number of halogens is 2. The molecule has 1 aromatic rings. The van der Waals surface area contributed by atoms with E-state index >= 15 is 0 Å². The van der Waals surface area contributed by atoms with Crippen LogP contribution in [-0.2, 0) is 14.9 Å². The molecule has 0 saturated carbocycles. The fourth-order valence-corrected chi connectivity index (χ4v) is 2.14. The first kappa shape index (κ1) is 14.8. The predicted molar refractivity (Wildman–Crippen MR) is 70.7 cm³/mol. The van der Waals surface area contributed by atoms with Crippen molar-refractivity contribution in [3.05, 3.63) is 33.8 Å². The van der Waals surface area contributed by atoms with Gasteiger partial charge in [0.15, 0.2) is 0 Å². The maximum Gasteiger partial charge on any atom is 0.317 e. The summed E-state index contributed by atoms with van der Waals surface area (Å²) in [5, 5.41) is 9.76. The van der Waals surface area contributed by atoms with Gasteiger partial charge >= 0.3 is 5.97 Å². The Bertz CT molecular complexity index is 496. The molecule has 0 aliphatic carbocycles. The predicted octanol–water partition coefficient (Wildman–Crippen LogP) is 3.73. The van der Waals surface area contributed by atoms with Crippen LogP contribution in [0.25, 0.3) is 0 Å². The lowest BCUT2D eigenvalue weighted by molar-refractivity contribution is -0.149. The Balaban J connectivity index is 3.31. The second kappa shape index (κ2) is 6.08. The van der Waals surface area contributed by atoms with Crippen LogP contribution in [0.3, 0.4) is 0 Å². The van der Waals surface area contributed by atoms with Crippen molar-refractivity contribution in [3.8, 4) is 6.07 Å². The number of benzene rings is 1. The molecule has 1 unspecified atom stereocenters. The number of esters is 1. The second-order valence-electron chi connectivity index (χ2n) is 4.01. The number of ether oxygens (including phenoxy) is 1. The zero-order chi connectivity index (χ0) is 13.8. The SMILES string of the molecule is CCOC(=O)C(C)(CC#N)c1cc(Cl)ccc1Cl. The Kier molecular flexibility index (Phi) is 5.01. The van der Waals surface area contributed by atoms with Crippen molar-refractivity contribution in [1.29, 1.82) is 5.26 Å². The highest BCUT2D eigenvalue weighted by Gasteiger charge is 2.38. The van der Waals surface area contributed by atoms with Gasteiger partial charge in [0, 0.05) is 10.0 Å². The van der Waals surface area contributed by atoms with E-state index in [1.165, 1.54) is 0 Å². The van der Waals surface area contributed by atoms with Gasteiger partial charge in [-0.1, -0.05) is 23.2 Å². The molecule has 0 aliphatic rings. The van der Waals surface area contributed by atoms with Crippen LogP contribution in [0.2, 0.25) is 10.0 Å². The number of nitrogens with zero attached hydrogens (tertiary/aromatic N) is 1. The molecule has 3 nitrogen and oxygen atoms in total.